The Morgan fingerprint density at radius 1 is 1.26 bits per heavy atom. The number of carboxylic acid groups (broad SMARTS) is 1. The van der Waals surface area contributed by atoms with Gasteiger partial charge in [0.05, 0.1) is 11.6 Å². The van der Waals surface area contributed by atoms with Crippen molar-refractivity contribution in [3.8, 4) is 0 Å². The van der Waals surface area contributed by atoms with Crippen molar-refractivity contribution in [2.24, 2.45) is 11.8 Å². The molecule has 1 heterocycles. The van der Waals surface area contributed by atoms with Gasteiger partial charge in [-0.1, -0.05) is 27.7 Å². The highest BCUT2D eigenvalue weighted by atomic mass is 16.4. The SMILES string of the molecule is CCc1n[nH]c(=O)c(C(=O)NCC(CC(C)C)C(=O)O)c1CC. The molecule has 3 N–H and O–H groups in total. The van der Waals surface area contributed by atoms with Gasteiger partial charge in [0.1, 0.15) is 5.56 Å². The molecule has 1 amide bonds. The van der Waals surface area contributed by atoms with Gasteiger partial charge in [-0.3, -0.25) is 14.4 Å². The maximum Gasteiger partial charge on any atom is 0.308 e. The monoisotopic (exact) mass is 323 g/mol. The van der Waals surface area contributed by atoms with Crippen molar-refractivity contribution in [1.82, 2.24) is 15.5 Å². The van der Waals surface area contributed by atoms with Crippen LogP contribution in [0.4, 0.5) is 0 Å². The zero-order valence-corrected chi connectivity index (χ0v) is 14.1. The van der Waals surface area contributed by atoms with E-state index in [9.17, 15) is 19.5 Å². The first-order chi connectivity index (χ1) is 10.8. The number of carbonyl (C=O) groups is 2. The normalized spacial score (nSPS) is 12.2. The van der Waals surface area contributed by atoms with Crippen LogP contribution < -0.4 is 10.9 Å². The van der Waals surface area contributed by atoms with Gasteiger partial charge in [-0.2, -0.15) is 5.10 Å². The van der Waals surface area contributed by atoms with Crippen molar-refractivity contribution < 1.29 is 14.7 Å². The third-order valence-electron chi connectivity index (χ3n) is 3.70. The summed E-state index contributed by atoms with van der Waals surface area (Å²) in [5.74, 6) is -1.96. The minimum atomic E-state index is -0.951. The van der Waals surface area contributed by atoms with Crippen molar-refractivity contribution >= 4 is 11.9 Å². The number of amides is 1. The van der Waals surface area contributed by atoms with Crippen molar-refractivity contribution in [1.29, 1.82) is 0 Å². The molecule has 1 aromatic heterocycles. The lowest BCUT2D eigenvalue weighted by Crippen LogP contribution is -2.37. The van der Waals surface area contributed by atoms with Crippen LogP contribution in [-0.2, 0) is 17.6 Å². The number of aromatic nitrogens is 2. The van der Waals surface area contributed by atoms with E-state index >= 15 is 0 Å². The minimum absolute atomic E-state index is 0.00127. The molecule has 0 bridgehead atoms. The van der Waals surface area contributed by atoms with E-state index in [-0.39, 0.29) is 18.0 Å². The quantitative estimate of drug-likeness (QED) is 0.669. The standard InChI is InChI=1S/C16H25N3O4/c1-5-11-12(6-2)18-19-15(21)13(11)14(20)17-8-10(16(22)23)7-9(3)4/h9-10H,5-8H2,1-4H3,(H,17,20)(H,19,21)(H,22,23). The number of rotatable bonds is 8. The largest absolute Gasteiger partial charge is 0.481 e. The summed E-state index contributed by atoms with van der Waals surface area (Å²) in [6, 6.07) is 0. The summed E-state index contributed by atoms with van der Waals surface area (Å²) in [5, 5.41) is 18.1. The fraction of sp³-hybridized carbons (Fsp3) is 0.625. The van der Waals surface area contributed by atoms with Crippen LogP contribution in [0.2, 0.25) is 0 Å². The highest BCUT2D eigenvalue weighted by Gasteiger charge is 2.23. The first-order valence-corrected chi connectivity index (χ1v) is 7.93. The second-order valence-corrected chi connectivity index (χ2v) is 5.93. The van der Waals surface area contributed by atoms with Gasteiger partial charge in [-0.15, -0.1) is 0 Å². The van der Waals surface area contributed by atoms with E-state index in [4.69, 9.17) is 0 Å². The third kappa shape index (κ3) is 4.91. The van der Waals surface area contributed by atoms with Crippen LogP contribution in [0.15, 0.2) is 4.79 Å². The highest BCUT2D eigenvalue weighted by molar-refractivity contribution is 5.95. The van der Waals surface area contributed by atoms with Gasteiger partial charge in [0, 0.05) is 6.54 Å². The number of hydrogen-bond acceptors (Lipinski definition) is 4. The van der Waals surface area contributed by atoms with Crippen LogP contribution in [0.5, 0.6) is 0 Å². The van der Waals surface area contributed by atoms with Gasteiger partial charge in [0.25, 0.3) is 11.5 Å². The van der Waals surface area contributed by atoms with Crippen LogP contribution in [0.1, 0.15) is 55.7 Å². The van der Waals surface area contributed by atoms with Gasteiger partial charge in [-0.05, 0) is 30.7 Å². The number of hydrogen-bond donors (Lipinski definition) is 3. The van der Waals surface area contributed by atoms with Gasteiger partial charge < -0.3 is 10.4 Å². The average molecular weight is 323 g/mol. The molecule has 7 nitrogen and oxygen atoms in total. The zero-order valence-electron chi connectivity index (χ0n) is 14.1. The lowest BCUT2D eigenvalue weighted by molar-refractivity contribution is -0.142. The van der Waals surface area contributed by atoms with Crippen LogP contribution in [-0.4, -0.2) is 33.7 Å². The lowest BCUT2D eigenvalue weighted by Gasteiger charge is -2.16. The number of nitrogens with one attached hydrogen (secondary N) is 2. The fourth-order valence-corrected chi connectivity index (χ4v) is 2.58. The Morgan fingerprint density at radius 3 is 2.39 bits per heavy atom. The number of nitrogens with zero attached hydrogens (tertiary/aromatic N) is 1. The minimum Gasteiger partial charge on any atom is -0.481 e. The number of aryl methyl sites for hydroxylation is 1. The number of carbonyl (C=O) groups excluding carboxylic acids is 1. The molecule has 0 aliphatic carbocycles. The van der Waals surface area contributed by atoms with Crippen molar-refractivity contribution in [3.05, 3.63) is 27.2 Å². The Morgan fingerprint density at radius 2 is 1.91 bits per heavy atom. The molecule has 1 aromatic rings. The van der Waals surface area contributed by atoms with E-state index in [2.05, 4.69) is 15.5 Å². The first kappa shape index (κ1) is 18.9. The zero-order chi connectivity index (χ0) is 17.6. The highest BCUT2D eigenvalue weighted by Crippen LogP contribution is 2.13. The number of aliphatic carboxylic acids is 1. The summed E-state index contributed by atoms with van der Waals surface area (Å²) in [4.78, 5) is 35.6. The topological polar surface area (TPSA) is 112 Å². The van der Waals surface area contributed by atoms with Crippen LogP contribution >= 0.6 is 0 Å². The summed E-state index contributed by atoms with van der Waals surface area (Å²) in [5.41, 5.74) is 0.777. The molecule has 128 valence electrons. The maximum absolute atomic E-state index is 12.4. The second-order valence-electron chi connectivity index (χ2n) is 5.93. The molecule has 0 aliphatic heterocycles. The van der Waals surface area contributed by atoms with Crippen molar-refractivity contribution in [2.45, 2.75) is 47.0 Å². The molecule has 1 rings (SSSR count). The Hall–Kier alpha value is -2.18. The number of carboxylic acids is 1. The van der Waals surface area contributed by atoms with E-state index in [1.54, 1.807) is 0 Å². The van der Waals surface area contributed by atoms with E-state index in [0.717, 1.165) is 0 Å². The van der Waals surface area contributed by atoms with E-state index in [0.29, 0.717) is 30.5 Å². The summed E-state index contributed by atoms with van der Waals surface area (Å²) in [7, 11) is 0. The molecular formula is C16H25N3O4. The molecule has 0 radical (unpaired) electrons. The van der Waals surface area contributed by atoms with Gasteiger partial charge in [-0.25, -0.2) is 5.10 Å². The Bertz CT molecular complexity index is 622. The van der Waals surface area contributed by atoms with Gasteiger partial charge >= 0.3 is 5.97 Å². The van der Waals surface area contributed by atoms with E-state index in [1.165, 1.54) is 0 Å². The van der Waals surface area contributed by atoms with E-state index < -0.39 is 23.4 Å². The predicted octanol–water partition coefficient (Wildman–Crippen LogP) is 1.37. The summed E-state index contributed by atoms with van der Waals surface area (Å²) in [6.45, 7) is 7.59. The molecule has 0 fully saturated rings. The Balaban J connectivity index is 2.98. The number of aromatic amines is 1. The smallest absolute Gasteiger partial charge is 0.308 e. The number of H-pyrrole nitrogens is 1. The van der Waals surface area contributed by atoms with Crippen LogP contribution in [0.25, 0.3) is 0 Å². The van der Waals surface area contributed by atoms with Crippen molar-refractivity contribution in [2.75, 3.05) is 6.54 Å². The lowest BCUT2D eigenvalue weighted by atomic mass is 9.97. The molecule has 0 aromatic carbocycles. The van der Waals surface area contributed by atoms with Crippen LogP contribution in [0, 0.1) is 11.8 Å². The predicted molar refractivity (Wildman–Crippen MR) is 86.5 cm³/mol. The second kappa shape index (κ2) is 8.45. The maximum atomic E-state index is 12.4. The molecule has 1 atom stereocenters. The van der Waals surface area contributed by atoms with Gasteiger partial charge in [0.2, 0.25) is 0 Å². The van der Waals surface area contributed by atoms with Crippen LogP contribution in [0.3, 0.4) is 0 Å². The fourth-order valence-electron chi connectivity index (χ4n) is 2.58. The molecule has 0 saturated carbocycles. The molecule has 7 heteroatoms. The molecule has 1 unspecified atom stereocenters. The summed E-state index contributed by atoms with van der Waals surface area (Å²) < 4.78 is 0. The average Bonchev–Trinajstić information content (AvgIpc) is 2.49. The molecule has 0 spiro atoms. The molecule has 23 heavy (non-hydrogen) atoms. The van der Waals surface area contributed by atoms with Crippen molar-refractivity contribution in [3.63, 3.8) is 0 Å². The Kier molecular flexibility index (Phi) is 6.93. The first-order valence-electron chi connectivity index (χ1n) is 7.93. The molecule has 0 saturated heterocycles. The van der Waals surface area contributed by atoms with E-state index in [1.807, 2.05) is 27.7 Å². The summed E-state index contributed by atoms with van der Waals surface area (Å²) >= 11 is 0. The summed E-state index contributed by atoms with van der Waals surface area (Å²) in [6.07, 6.45) is 1.58. The molecular weight excluding hydrogens is 298 g/mol. The van der Waals surface area contributed by atoms with Gasteiger partial charge in [0.15, 0.2) is 0 Å². The Labute approximate surface area is 135 Å². The third-order valence-corrected chi connectivity index (χ3v) is 3.70. The molecule has 0 aliphatic rings.